The van der Waals surface area contributed by atoms with Gasteiger partial charge in [-0.25, -0.2) is 4.98 Å². The molecule has 0 radical (unpaired) electrons. The molecule has 1 aromatic heterocycles. The number of carbonyl (C=O) groups is 2. The summed E-state index contributed by atoms with van der Waals surface area (Å²) in [4.78, 5) is 32.8. The molecule has 1 aliphatic heterocycles. The zero-order valence-electron chi connectivity index (χ0n) is 20.8. The SMILES string of the molecule is C=C(NC(=O)[C@@H]1CCCN1C(=O)CSc1nc2c(n1C)C=C[C@@H](C)C2)/C(=C\C=C/N)c1ccccc1. The van der Waals surface area contributed by atoms with Crippen LogP contribution in [-0.2, 0) is 23.1 Å². The number of fused-ring (bicyclic) bond motifs is 1. The summed E-state index contributed by atoms with van der Waals surface area (Å²) in [5.74, 6) is 0.428. The van der Waals surface area contributed by atoms with Gasteiger partial charge in [0, 0.05) is 24.9 Å². The first kappa shape index (κ1) is 25.6. The number of amides is 2. The molecule has 0 unspecified atom stereocenters. The Morgan fingerprint density at radius 1 is 1.31 bits per heavy atom. The van der Waals surface area contributed by atoms with Crippen LogP contribution in [0.15, 0.2) is 72.2 Å². The number of thioether (sulfide) groups is 1. The highest BCUT2D eigenvalue weighted by Gasteiger charge is 2.34. The number of carbonyl (C=O) groups excluding carboxylic acids is 2. The number of allylic oxidation sites excluding steroid dienone is 4. The van der Waals surface area contributed by atoms with Crippen molar-refractivity contribution in [2.24, 2.45) is 18.7 Å². The zero-order valence-corrected chi connectivity index (χ0v) is 21.6. The van der Waals surface area contributed by atoms with Gasteiger partial charge in [0.05, 0.1) is 17.1 Å². The van der Waals surface area contributed by atoms with Crippen LogP contribution in [0.25, 0.3) is 11.6 Å². The minimum Gasteiger partial charge on any atom is -0.405 e. The number of hydrogen-bond acceptors (Lipinski definition) is 5. The summed E-state index contributed by atoms with van der Waals surface area (Å²) in [6.45, 7) is 6.83. The van der Waals surface area contributed by atoms with E-state index in [1.54, 1.807) is 11.0 Å². The summed E-state index contributed by atoms with van der Waals surface area (Å²) in [5.41, 5.74) is 9.85. The zero-order chi connectivity index (χ0) is 25.7. The van der Waals surface area contributed by atoms with Crippen molar-refractivity contribution in [3.63, 3.8) is 0 Å². The monoisotopic (exact) mass is 503 g/mol. The third-order valence-corrected chi connectivity index (χ3v) is 7.55. The molecule has 0 spiro atoms. The molecule has 3 N–H and O–H groups in total. The van der Waals surface area contributed by atoms with Gasteiger partial charge in [0.2, 0.25) is 11.8 Å². The lowest BCUT2D eigenvalue weighted by Crippen LogP contribution is -2.46. The molecule has 2 aromatic rings. The van der Waals surface area contributed by atoms with Crippen molar-refractivity contribution in [3.8, 4) is 0 Å². The van der Waals surface area contributed by atoms with E-state index in [1.807, 2.05) is 48.0 Å². The molecule has 7 nitrogen and oxygen atoms in total. The number of nitrogens with one attached hydrogen (secondary N) is 1. The topological polar surface area (TPSA) is 93.2 Å². The van der Waals surface area contributed by atoms with Gasteiger partial charge in [-0.1, -0.05) is 67.7 Å². The highest BCUT2D eigenvalue weighted by Crippen LogP contribution is 2.28. The van der Waals surface area contributed by atoms with E-state index >= 15 is 0 Å². The standard InChI is InChI=1S/C28H33N5O2S/c1-19-13-14-24-23(17-19)31-28(32(24)3)36-18-26(34)33-16-8-12-25(33)27(35)30-20(2)22(11-7-15-29)21-9-5-4-6-10-21/h4-7,9-11,13-15,19,25H,2,8,12,16-18,29H2,1,3H3,(H,30,35)/b15-7-,22-11+/t19-,25+/m1/s1. The third kappa shape index (κ3) is 5.65. The van der Waals surface area contributed by atoms with Crippen molar-refractivity contribution in [3.05, 3.63) is 84.0 Å². The van der Waals surface area contributed by atoms with Gasteiger partial charge in [-0.15, -0.1) is 0 Å². The lowest BCUT2D eigenvalue weighted by atomic mass is 9.98. The fourth-order valence-electron chi connectivity index (χ4n) is 4.65. The predicted molar refractivity (Wildman–Crippen MR) is 146 cm³/mol. The van der Waals surface area contributed by atoms with Crippen molar-refractivity contribution >= 4 is 35.2 Å². The first-order chi connectivity index (χ1) is 17.4. The summed E-state index contributed by atoms with van der Waals surface area (Å²) >= 11 is 1.42. The molecule has 2 amide bonds. The van der Waals surface area contributed by atoms with Crippen LogP contribution in [-0.4, -0.2) is 44.6 Å². The molecule has 36 heavy (non-hydrogen) atoms. The quantitative estimate of drug-likeness (QED) is 0.421. The van der Waals surface area contributed by atoms with E-state index < -0.39 is 6.04 Å². The lowest BCUT2D eigenvalue weighted by Gasteiger charge is -2.24. The Hall–Kier alpha value is -3.52. The Balaban J connectivity index is 1.40. The van der Waals surface area contributed by atoms with Crippen LogP contribution in [0.3, 0.4) is 0 Å². The van der Waals surface area contributed by atoms with Gasteiger partial charge in [-0.3, -0.25) is 9.59 Å². The number of nitrogens with zero attached hydrogens (tertiary/aromatic N) is 3. The second-order valence-electron chi connectivity index (χ2n) is 9.16. The van der Waals surface area contributed by atoms with E-state index in [1.165, 1.54) is 18.0 Å². The highest BCUT2D eigenvalue weighted by atomic mass is 32.2. The van der Waals surface area contributed by atoms with E-state index in [0.717, 1.165) is 40.5 Å². The average Bonchev–Trinajstić information content (AvgIpc) is 3.48. The number of nitrogens with two attached hydrogens (primary N) is 1. The molecular formula is C28H33N5O2S. The Kier molecular flexibility index (Phi) is 8.15. The van der Waals surface area contributed by atoms with Crippen molar-refractivity contribution in [1.29, 1.82) is 0 Å². The molecular weight excluding hydrogens is 470 g/mol. The van der Waals surface area contributed by atoms with Crippen LogP contribution in [0.5, 0.6) is 0 Å². The molecule has 1 aliphatic carbocycles. The molecule has 2 heterocycles. The summed E-state index contributed by atoms with van der Waals surface area (Å²) in [5, 5.41) is 3.76. The normalized spacial score (nSPS) is 19.5. The highest BCUT2D eigenvalue weighted by molar-refractivity contribution is 7.99. The van der Waals surface area contributed by atoms with Crippen LogP contribution in [0, 0.1) is 5.92 Å². The van der Waals surface area contributed by atoms with Crippen molar-refractivity contribution in [2.45, 2.75) is 37.4 Å². The van der Waals surface area contributed by atoms with E-state index in [4.69, 9.17) is 10.7 Å². The van der Waals surface area contributed by atoms with Crippen LogP contribution in [0.4, 0.5) is 0 Å². The number of hydrogen-bond donors (Lipinski definition) is 2. The van der Waals surface area contributed by atoms with Gasteiger partial charge in [0.1, 0.15) is 6.04 Å². The average molecular weight is 504 g/mol. The van der Waals surface area contributed by atoms with Gasteiger partial charge in [0.15, 0.2) is 5.16 Å². The maximum absolute atomic E-state index is 13.2. The molecule has 2 atom stereocenters. The fourth-order valence-corrected chi connectivity index (χ4v) is 5.53. The maximum Gasteiger partial charge on any atom is 0.247 e. The van der Waals surface area contributed by atoms with Gasteiger partial charge in [-0.05, 0) is 49.1 Å². The summed E-state index contributed by atoms with van der Waals surface area (Å²) in [7, 11) is 1.98. The largest absolute Gasteiger partial charge is 0.405 e. The van der Waals surface area contributed by atoms with Crippen molar-refractivity contribution in [2.75, 3.05) is 12.3 Å². The summed E-state index contributed by atoms with van der Waals surface area (Å²) in [6, 6.07) is 9.15. The van der Waals surface area contributed by atoms with Crippen LogP contribution in [0.1, 0.15) is 36.7 Å². The Labute approximate surface area is 216 Å². The smallest absolute Gasteiger partial charge is 0.247 e. The van der Waals surface area contributed by atoms with Gasteiger partial charge >= 0.3 is 0 Å². The summed E-state index contributed by atoms with van der Waals surface area (Å²) < 4.78 is 2.04. The fraction of sp³-hybridized carbons (Fsp3) is 0.321. The Morgan fingerprint density at radius 2 is 2.08 bits per heavy atom. The molecule has 1 aromatic carbocycles. The van der Waals surface area contributed by atoms with Crippen LogP contribution < -0.4 is 11.1 Å². The van der Waals surface area contributed by atoms with Crippen molar-refractivity contribution in [1.82, 2.24) is 19.8 Å². The molecule has 188 valence electrons. The summed E-state index contributed by atoms with van der Waals surface area (Å²) in [6.07, 6.45) is 11.6. The minimum atomic E-state index is -0.518. The second kappa shape index (κ2) is 11.5. The Morgan fingerprint density at radius 3 is 2.83 bits per heavy atom. The molecule has 1 saturated heterocycles. The predicted octanol–water partition coefficient (Wildman–Crippen LogP) is 3.89. The van der Waals surface area contributed by atoms with Gasteiger partial charge in [-0.2, -0.15) is 0 Å². The first-order valence-corrected chi connectivity index (χ1v) is 13.2. The lowest BCUT2D eigenvalue weighted by molar-refractivity contribution is -0.136. The van der Waals surface area contributed by atoms with Gasteiger partial charge in [0.25, 0.3) is 0 Å². The van der Waals surface area contributed by atoms with Crippen LogP contribution in [0.2, 0.25) is 0 Å². The molecule has 2 aliphatic rings. The van der Waals surface area contributed by atoms with E-state index in [0.29, 0.717) is 24.6 Å². The Bertz CT molecular complexity index is 1230. The molecule has 8 heteroatoms. The molecule has 1 fully saturated rings. The first-order valence-electron chi connectivity index (χ1n) is 12.2. The van der Waals surface area contributed by atoms with E-state index in [2.05, 4.69) is 31.0 Å². The maximum atomic E-state index is 13.2. The number of imidazole rings is 1. The van der Waals surface area contributed by atoms with E-state index in [-0.39, 0.29) is 17.6 Å². The second-order valence-corrected chi connectivity index (χ2v) is 10.1. The minimum absolute atomic E-state index is 0.0574. The molecule has 0 saturated carbocycles. The number of rotatable bonds is 8. The molecule has 0 bridgehead atoms. The van der Waals surface area contributed by atoms with Crippen molar-refractivity contribution < 1.29 is 9.59 Å². The number of aromatic nitrogens is 2. The molecule has 4 rings (SSSR count). The van der Waals surface area contributed by atoms with E-state index in [9.17, 15) is 9.59 Å². The third-order valence-electron chi connectivity index (χ3n) is 6.53. The number of benzene rings is 1. The van der Waals surface area contributed by atoms with Gasteiger partial charge < -0.3 is 20.5 Å². The number of likely N-dealkylation sites (tertiary alicyclic amines) is 1. The van der Waals surface area contributed by atoms with Crippen LogP contribution >= 0.6 is 11.8 Å².